The van der Waals surface area contributed by atoms with Crippen molar-refractivity contribution in [2.45, 2.75) is 43.3 Å². The predicted molar refractivity (Wildman–Crippen MR) is 92.4 cm³/mol. The molecule has 152 valence electrons. The highest BCUT2D eigenvalue weighted by atomic mass is 16.3. The first-order valence-corrected chi connectivity index (χ1v) is 8.90. The van der Waals surface area contributed by atoms with Crippen molar-refractivity contribution < 1.29 is 29.4 Å². The maximum Gasteiger partial charge on any atom is 0.246 e. The van der Waals surface area contributed by atoms with Crippen molar-refractivity contribution in [2.24, 2.45) is 23.1 Å². The van der Waals surface area contributed by atoms with Gasteiger partial charge in [0.1, 0.15) is 17.6 Å². The topological polar surface area (TPSA) is 193 Å². The van der Waals surface area contributed by atoms with Crippen LogP contribution in [0.2, 0.25) is 0 Å². The van der Waals surface area contributed by atoms with Gasteiger partial charge >= 0.3 is 0 Å². The molecule has 1 unspecified atom stereocenters. The molecule has 2 fully saturated rings. The molecule has 2 aliphatic rings. The van der Waals surface area contributed by atoms with Crippen LogP contribution in [0.3, 0.4) is 0 Å². The number of hydrogen-bond acceptors (Lipinski definition) is 7. The lowest BCUT2D eigenvalue weighted by Crippen LogP contribution is -2.66. The van der Waals surface area contributed by atoms with Crippen LogP contribution in [0, 0.1) is 5.92 Å². The SMILES string of the molecule is NC(=O)[C@H](CO)C1(C(N)=O)CCCN1C(=O)[C@@H]1CCCN1C(=O)[C@@H](N)CO. The van der Waals surface area contributed by atoms with Crippen LogP contribution in [0.15, 0.2) is 0 Å². The van der Waals surface area contributed by atoms with E-state index in [0.29, 0.717) is 25.8 Å². The van der Waals surface area contributed by atoms with Gasteiger partial charge in [-0.3, -0.25) is 19.2 Å². The first kappa shape index (κ1) is 21.1. The smallest absolute Gasteiger partial charge is 0.246 e. The summed E-state index contributed by atoms with van der Waals surface area (Å²) in [5, 5.41) is 18.7. The Morgan fingerprint density at radius 3 is 2.26 bits per heavy atom. The van der Waals surface area contributed by atoms with Crippen LogP contribution in [0.25, 0.3) is 0 Å². The molecule has 2 rings (SSSR count). The molecule has 0 aromatic heterocycles. The van der Waals surface area contributed by atoms with Gasteiger partial charge < -0.3 is 37.2 Å². The summed E-state index contributed by atoms with van der Waals surface area (Å²) in [7, 11) is 0. The van der Waals surface area contributed by atoms with Crippen LogP contribution in [-0.4, -0.2) is 87.6 Å². The summed E-state index contributed by atoms with van der Waals surface area (Å²) in [6, 6.07) is -2.02. The summed E-state index contributed by atoms with van der Waals surface area (Å²) in [6.07, 6.45) is 1.40. The molecule has 4 atom stereocenters. The van der Waals surface area contributed by atoms with Gasteiger partial charge in [-0.05, 0) is 25.7 Å². The average Bonchev–Trinajstić information content (AvgIpc) is 3.28. The van der Waals surface area contributed by atoms with E-state index in [1.54, 1.807) is 0 Å². The number of nitrogens with zero attached hydrogens (tertiary/aromatic N) is 2. The molecule has 0 radical (unpaired) electrons. The first-order valence-electron chi connectivity index (χ1n) is 8.90. The van der Waals surface area contributed by atoms with Gasteiger partial charge in [-0.25, -0.2) is 0 Å². The van der Waals surface area contributed by atoms with Gasteiger partial charge in [0.25, 0.3) is 0 Å². The second-order valence-electron chi connectivity index (χ2n) is 7.00. The number of nitrogens with two attached hydrogens (primary N) is 3. The van der Waals surface area contributed by atoms with Crippen LogP contribution in [-0.2, 0) is 19.2 Å². The fourth-order valence-electron chi connectivity index (χ4n) is 4.17. The van der Waals surface area contributed by atoms with Gasteiger partial charge in [0.15, 0.2) is 0 Å². The number of primary amides is 2. The van der Waals surface area contributed by atoms with Crippen molar-refractivity contribution >= 4 is 23.6 Å². The molecule has 0 aliphatic carbocycles. The van der Waals surface area contributed by atoms with Gasteiger partial charge in [-0.1, -0.05) is 0 Å². The fourth-order valence-corrected chi connectivity index (χ4v) is 4.17. The summed E-state index contributed by atoms with van der Waals surface area (Å²) >= 11 is 0. The van der Waals surface area contributed by atoms with Crippen LogP contribution in [0.4, 0.5) is 0 Å². The molecule has 11 nitrogen and oxygen atoms in total. The minimum Gasteiger partial charge on any atom is -0.395 e. The van der Waals surface area contributed by atoms with Crippen molar-refractivity contribution in [3.05, 3.63) is 0 Å². The molecular weight excluding hydrogens is 358 g/mol. The summed E-state index contributed by atoms with van der Waals surface area (Å²) in [4.78, 5) is 52.2. The van der Waals surface area contributed by atoms with Crippen LogP contribution < -0.4 is 17.2 Å². The summed E-state index contributed by atoms with van der Waals surface area (Å²) in [6.45, 7) is -0.847. The van der Waals surface area contributed by atoms with Crippen LogP contribution >= 0.6 is 0 Å². The van der Waals surface area contributed by atoms with Crippen molar-refractivity contribution in [1.29, 1.82) is 0 Å². The summed E-state index contributed by atoms with van der Waals surface area (Å²) < 4.78 is 0. The minimum absolute atomic E-state index is 0.0963. The highest BCUT2D eigenvalue weighted by molar-refractivity contribution is 5.98. The Hall–Kier alpha value is -2.24. The van der Waals surface area contributed by atoms with Gasteiger partial charge in [0.2, 0.25) is 23.6 Å². The number of amides is 4. The van der Waals surface area contributed by atoms with E-state index in [9.17, 15) is 24.3 Å². The predicted octanol–water partition coefficient (Wildman–Crippen LogP) is -3.76. The zero-order valence-corrected chi connectivity index (χ0v) is 15.0. The van der Waals surface area contributed by atoms with E-state index in [1.807, 2.05) is 0 Å². The molecule has 0 spiro atoms. The molecule has 2 heterocycles. The lowest BCUT2D eigenvalue weighted by atomic mass is 9.80. The van der Waals surface area contributed by atoms with Crippen LogP contribution in [0.5, 0.6) is 0 Å². The van der Waals surface area contributed by atoms with Crippen LogP contribution in [0.1, 0.15) is 25.7 Å². The number of aliphatic hydroxyl groups excluding tert-OH is 2. The summed E-state index contributed by atoms with van der Waals surface area (Å²) in [5.74, 6) is -4.30. The standard InChI is InChI=1S/C16H27N5O6/c17-10(8-23)13(25)20-5-1-3-11(20)14(26)21-6-2-4-16(21,15(19)27)9(7-22)12(18)24/h9-11,22-23H,1-8,17H2,(H2,18,24)(H2,19,27)/t9-,10-,11-,16?/m0/s1. The molecule has 0 bridgehead atoms. The van der Waals surface area contributed by atoms with E-state index in [2.05, 4.69) is 0 Å². The van der Waals surface area contributed by atoms with Crippen molar-refractivity contribution in [3.63, 3.8) is 0 Å². The van der Waals surface area contributed by atoms with E-state index >= 15 is 0 Å². The van der Waals surface area contributed by atoms with E-state index in [0.717, 1.165) is 0 Å². The third-order valence-electron chi connectivity index (χ3n) is 5.55. The van der Waals surface area contributed by atoms with Gasteiger partial charge in [0, 0.05) is 13.1 Å². The van der Waals surface area contributed by atoms with Gasteiger partial charge in [-0.15, -0.1) is 0 Å². The molecule has 2 aliphatic heterocycles. The quantitative estimate of drug-likeness (QED) is 0.297. The van der Waals surface area contributed by atoms with Gasteiger partial charge in [-0.2, -0.15) is 0 Å². The Kier molecular flexibility index (Phi) is 6.39. The van der Waals surface area contributed by atoms with E-state index in [-0.39, 0.29) is 13.0 Å². The molecule has 0 aromatic carbocycles. The molecule has 2 saturated heterocycles. The molecule has 8 N–H and O–H groups in total. The van der Waals surface area contributed by atoms with Crippen molar-refractivity contribution in [1.82, 2.24) is 9.80 Å². The first-order chi connectivity index (χ1) is 12.7. The third kappa shape index (κ3) is 3.49. The highest BCUT2D eigenvalue weighted by Gasteiger charge is 2.57. The Morgan fingerprint density at radius 2 is 1.74 bits per heavy atom. The third-order valence-corrected chi connectivity index (χ3v) is 5.55. The molecule has 0 aromatic rings. The van der Waals surface area contributed by atoms with Gasteiger partial charge in [0.05, 0.1) is 19.1 Å². The Balaban J connectivity index is 2.36. The lowest BCUT2D eigenvalue weighted by Gasteiger charge is -2.42. The van der Waals surface area contributed by atoms with Crippen molar-refractivity contribution in [2.75, 3.05) is 26.3 Å². The van der Waals surface area contributed by atoms with E-state index < -0.39 is 60.4 Å². The Bertz CT molecular complexity index is 628. The highest BCUT2D eigenvalue weighted by Crippen LogP contribution is 2.38. The average molecular weight is 385 g/mol. The summed E-state index contributed by atoms with van der Waals surface area (Å²) in [5.41, 5.74) is 14.8. The number of hydrogen-bond donors (Lipinski definition) is 5. The number of carbonyl (C=O) groups is 4. The minimum atomic E-state index is -1.73. The second-order valence-corrected chi connectivity index (χ2v) is 7.00. The zero-order chi connectivity index (χ0) is 20.4. The maximum absolute atomic E-state index is 13.2. The molecule has 11 heteroatoms. The molecule has 4 amide bonds. The molecule has 0 saturated carbocycles. The fraction of sp³-hybridized carbons (Fsp3) is 0.750. The second kappa shape index (κ2) is 8.19. The molecular formula is C16H27N5O6. The lowest BCUT2D eigenvalue weighted by molar-refractivity contribution is -0.156. The largest absolute Gasteiger partial charge is 0.395 e. The van der Waals surface area contributed by atoms with E-state index in [4.69, 9.17) is 22.3 Å². The van der Waals surface area contributed by atoms with E-state index in [1.165, 1.54) is 9.80 Å². The Labute approximate surface area is 156 Å². The normalized spacial score (nSPS) is 27.4. The van der Waals surface area contributed by atoms with Crippen molar-refractivity contribution in [3.8, 4) is 0 Å². The monoisotopic (exact) mass is 385 g/mol. The number of likely N-dealkylation sites (tertiary alicyclic amines) is 2. The number of rotatable bonds is 7. The Morgan fingerprint density at radius 1 is 1.07 bits per heavy atom. The zero-order valence-electron chi connectivity index (χ0n) is 15.0. The maximum atomic E-state index is 13.2. The number of carbonyl (C=O) groups excluding carboxylic acids is 4. The molecule has 27 heavy (non-hydrogen) atoms. The number of aliphatic hydroxyl groups is 2.